The summed E-state index contributed by atoms with van der Waals surface area (Å²) in [5, 5.41) is 0. The van der Waals surface area contributed by atoms with E-state index < -0.39 is 11.4 Å². The molecule has 1 unspecified atom stereocenters. The van der Waals surface area contributed by atoms with Gasteiger partial charge in [-0.25, -0.2) is 0 Å². The van der Waals surface area contributed by atoms with E-state index in [0.29, 0.717) is 11.5 Å². The van der Waals surface area contributed by atoms with Gasteiger partial charge in [-0.05, 0) is 43.3 Å². The van der Waals surface area contributed by atoms with Crippen LogP contribution in [-0.2, 0) is 4.79 Å². The minimum absolute atomic E-state index is 0.0151. The fraction of sp³-hybridized carbons (Fsp3) is 0.188. The smallest absolute Gasteiger partial charge is 0.240 e. The Morgan fingerprint density at radius 2 is 1.52 bits per heavy atom. The largest absolute Gasteiger partial charge is 0.491 e. The number of hydrogen-bond donors (Lipinski definition) is 2. The number of carbonyl (C=O) groups excluding carboxylic acids is 1. The van der Waals surface area contributed by atoms with Crippen LogP contribution in [0.1, 0.15) is 6.92 Å². The van der Waals surface area contributed by atoms with Crippen molar-refractivity contribution in [3.8, 4) is 17.2 Å². The van der Waals surface area contributed by atoms with Crippen molar-refractivity contribution >= 4 is 5.91 Å². The SMILES string of the molecule is CC(N)(COc1ccc(Oc2ccccc2)cc1)C(N)=O. The number of para-hydroxylation sites is 1. The summed E-state index contributed by atoms with van der Waals surface area (Å²) >= 11 is 0. The summed E-state index contributed by atoms with van der Waals surface area (Å²) in [6.07, 6.45) is 0. The molecule has 0 saturated heterocycles. The molecule has 0 fully saturated rings. The molecule has 110 valence electrons. The van der Waals surface area contributed by atoms with Crippen LogP contribution in [0.25, 0.3) is 0 Å². The van der Waals surface area contributed by atoms with Gasteiger partial charge in [0.1, 0.15) is 29.4 Å². The van der Waals surface area contributed by atoms with Gasteiger partial charge in [0, 0.05) is 0 Å². The van der Waals surface area contributed by atoms with E-state index in [0.717, 1.165) is 5.75 Å². The first-order valence-electron chi connectivity index (χ1n) is 6.52. The molecule has 0 aromatic heterocycles. The summed E-state index contributed by atoms with van der Waals surface area (Å²) < 4.78 is 11.1. The molecule has 5 nitrogen and oxygen atoms in total. The molecule has 0 bridgehead atoms. The molecular formula is C16H18N2O3. The van der Waals surface area contributed by atoms with E-state index in [9.17, 15) is 4.79 Å². The second-order valence-corrected chi connectivity index (χ2v) is 4.96. The third-order valence-corrected chi connectivity index (χ3v) is 2.90. The lowest BCUT2D eigenvalue weighted by Gasteiger charge is -2.20. The molecule has 5 heteroatoms. The highest BCUT2D eigenvalue weighted by atomic mass is 16.5. The second-order valence-electron chi connectivity index (χ2n) is 4.96. The maximum atomic E-state index is 11.1. The first-order chi connectivity index (χ1) is 9.97. The molecule has 0 aliphatic rings. The molecule has 2 rings (SSSR count). The summed E-state index contributed by atoms with van der Waals surface area (Å²) in [4.78, 5) is 11.1. The Labute approximate surface area is 123 Å². The Balaban J connectivity index is 1.95. The Morgan fingerprint density at radius 3 is 2.10 bits per heavy atom. The van der Waals surface area contributed by atoms with Crippen LogP contribution in [0, 0.1) is 0 Å². The van der Waals surface area contributed by atoms with Gasteiger partial charge in [0.25, 0.3) is 0 Å². The fourth-order valence-electron chi connectivity index (χ4n) is 1.53. The number of rotatable bonds is 6. The third kappa shape index (κ3) is 4.22. The number of carbonyl (C=O) groups is 1. The maximum Gasteiger partial charge on any atom is 0.240 e. The second kappa shape index (κ2) is 6.28. The van der Waals surface area contributed by atoms with Crippen molar-refractivity contribution in [3.63, 3.8) is 0 Å². The highest BCUT2D eigenvalue weighted by Crippen LogP contribution is 2.23. The van der Waals surface area contributed by atoms with Gasteiger partial charge in [0.15, 0.2) is 0 Å². The minimum atomic E-state index is -1.20. The maximum absolute atomic E-state index is 11.1. The average Bonchev–Trinajstić information content (AvgIpc) is 2.47. The van der Waals surface area contributed by atoms with Crippen LogP contribution in [0.5, 0.6) is 17.2 Å². The van der Waals surface area contributed by atoms with Gasteiger partial charge >= 0.3 is 0 Å². The van der Waals surface area contributed by atoms with Crippen LogP contribution in [-0.4, -0.2) is 18.1 Å². The van der Waals surface area contributed by atoms with Crippen molar-refractivity contribution in [3.05, 3.63) is 54.6 Å². The molecular weight excluding hydrogens is 268 g/mol. The molecule has 0 aliphatic heterocycles. The Kier molecular flexibility index (Phi) is 4.45. The molecule has 0 saturated carbocycles. The first-order valence-corrected chi connectivity index (χ1v) is 6.52. The summed E-state index contributed by atoms with van der Waals surface area (Å²) in [6, 6.07) is 16.5. The Hall–Kier alpha value is -2.53. The van der Waals surface area contributed by atoms with Crippen molar-refractivity contribution in [1.29, 1.82) is 0 Å². The van der Waals surface area contributed by atoms with Crippen molar-refractivity contribution in [1.82, 2.24) is 0 Å². The highest BCUT2D eigenvalue weighted by molar-refractivity contribution is 5.84. The molecule has 1 atom stereocenters. The zero-order valence-electron chi connectivity index (χ0n) is 11.8. The molecule has 1 amide bonds. The van der Waals surface area contributed by atoms with E-state index in [4.69, 9.17) is 20.9 Å². The Bertz CT molecular complexity index is 595. The predicted molar refractivity (Wildman–Crippen MR) is 80.2 cm³/mol. The number of nitrogens with two attached hydrogens (primary N) is 2. The van der Waals surface area contributed by atoms with E-state index in [2.05, 4.69) is 0 Å². The van der Waals surface area contributed by atoms with Gasteiger partial charge in [-0.1, -0.05) is 18.2 Å². The van der Waals surface area contributed by atoms with E-state index in [1.54, 1.807) is 24.3 Å². The lowest BCUT2D eigenvalue weighted by molar-refractivity contribution is -0.123. The number of ether oxygens (including phenoxy) is 2. The van der Waals surface area contributed by atoms with Crippen molar-refractivity contribution < 1.29 is 14.3 Å². The molecule has 2 aromatic carbocycles. The normalized spacial score (nSPS) is 13.2. The van der Waals surface area contributed by atoms with E-state index in [1.165, 1.54) is 6.92 Å². The third-order valence-electron chi connectivity index (χ3n) is 2.90. The summed E-state index contributed by atoms with van der Waals surface area (Å²) in [5.41, 5.74) is 9.70. The quantitative estimate of drug-likeness (QED) is 0.850. The molecule has 0 aliphatic carbocycles. The monoisotopic (exact) mass is 286 g/mol. The van der Waals surface area contributed by atoms with E-state index in [-0.39, 0.29) is 6.61 Å². The van der Waals surface area contributed by atoms with Crippen LogP contribution in [0.2, 0.25) is 0 Å². The molecule has 0 radical (unpaired) electrons. The number of hydrogen-bond acceptors (Lipinski definition) is 4. The molecule has 0 heterocycles. The molecule has 21 heavy (non-hydrogen) atoms. The topological polar surface area (TPSA) is 87.6 Å². The van der Waals surface area contributed by atoms with Crippen LogP contribution in [0.4, 0.5) is 0 Å². The van der Waals surface area contributed by atoms with Gasteiger partial charge in [0.05, 0.1) is 0 Å². The van der Waals surface area contributed by atoms with Gasteiger partial charge in [-0.3, -0.25) is 4.79 Å². The first kappa shape index (κ1) is 14.9. The zero-order valence-corrected chi connectivity index (χ0v) is 11.8. The average molecular weight is 286 g/mol. The molecule has 0 spiro atoms. The predicted octanol–water partition coefficient (Wildman–Crippen LogP) is 2.06. The van der Waals surface area contributed by atoms with E-state index in [1.807, 2.05) is 30.3 Å². The van der Waals surface area contributed by atoms with Crippen LogP contribution in [0.3, 0.4) is 0 Å². The Morgan fingerprint density at radius 1 is 1.00 bits per heavy atom. The standard InChI is InChI=1S/C16H18N2O3/c1-16(18,15(17)19)11-20-12-7-9-14(10-8-12)21-13-5-3-2-4-6-13/h2-10H,11,18H2,1H3,(H2,17,19). The van der Waals surface area contributed by atoms with Gasteiger partial charge < -0.3 is 20.9 Å². The lowest BCUT2D eigenvalue weighted by Crippen LogP contribution is -2.53. The van der Waals surface area contributed by atoms with E-state index >= 15 is 0 Å². The van der Waals surface area contributed by atoms with Crippen molar-refractivity contribution in [2.75, 3.05) is 6.61 Å². The van der Waals surface area contributed by atoms with Gasteiger partial charge in [-0.2, -0.15) is 0 Å². The van der Waals surface area contributed by atoms with Crippen LogP contribution in [0.15, 0.2) is 54.6 Å². The van der Waals surface area contributed by atoms with Crippen molar-refractivity contribution in [2.24, 2.45) is 11.5 Å². The van der Waals surface area contributed by atoms with Gasteiger partial charge in [-0.15, -0.1) is 0 Å². The highest BCUT2D eigenvalue weighted by Gasteiger charge is 2.26. The number of amides is 1. The minimum Gasteiger partial charge on any atom is -0.491 e. The lowest BCUT2D eigenvalue weighted by atomic mass is 10.1. The molecule has 2 aromatic rings. The summed E-state index contributed by atoms with van der Waals surface area (Å²) in [5.74, 6) is 1.44. The van der Waals surface area contributed by atoms with Crippen molar-refractivity contribution in [2.45, 2.75) is 12.5 Å². The van der Waals surface area contributed by atoms with Crippen LogP contribution < -0.4 is 20.9 Å². The zero-order chi connectivity index (χ0) is 15.3. The van der Waals surface area contributed by atoms with Gasteiger partial charge in [0.2, 0.25) is 5.91 Å². The summed E-state index contributed by atoms with van der Waals surface area (Å²) in [7, 11) is 0. The molecule has 4 N–H and O–H groups in total. The number of primary amides is 1. The fourth-order valence-corrected chi connectivity index (χ4v) is 1.53. The number of benzene rings is 2. The van der Waals surface area contributed by atoms with Crippen LogP contribution >= 0.6 is 0 Å². The summed E-state index contributed by atoms with van der Waals surface area (Å²) in [6.45, 7) is 1.55.